The van der Waals surface area contributed by atoms with E-state index >= 15 is 0 Å². The molecule has 30 heavy (non-hydrogen) atoms. The zero-order valence-electron chi connectivity index (χ0n) is 16.0. The van der Waals surface area contributed by atoms with Gasteiger partial charge < -0.3 is 4.74 Å². The number of fused-ring (bicyclic) bond motifs is 1. The SMILES string of the molecule is O=C(CSc1nc2ccccc2s1)N/N=C/c1ccc(OCc2ccccc2)cc1. The molecule has 1 N–H and O–H groups in total. The summed E-state index contributed by atoms with van der Waals surface area (Å²) in [5, 5.41) is 4.02. The number of nitrogens with one attached hydrogen (secondary N) is 1. The van der Waals surface area contributed by atoms with Crippen molar-refractivity contribution in [3.05, 3.63) is 90.0 Å². The van der Waals surface area contributed by atoms with Crippen LogP contribution in [0.5, 0.6) is 5.75 Å². The number of rotatable bonds is 8. The quantitative estimate of drug-likeness (QED) is 0.238. The van der Waals surface area contributed by atoms with Crippen LogP contribution in [-0.4, -0.2) is 22.9 Å². The fraction of sp³-hybridized carbons (Fsp3) is 0.0870. The number of benzene rings is 3. The Morgan fingerprint density at radius 2 is 1.80 bits per heavy atom. The van der Waals surface area contributed by atoms with Gasteiger partial charge in [0.15, 0.2) is 4.34 Å². The van der Waals surface area contributed by atoms with Crippen LogP contribution in [0.3, 0.4) is 0 Å². The molecule has 0 radical (unpaired) electrons. The first-order valence-electron chi connectivity index (χ1n) is 9.33. The summed E-state index contributed by atoms with van der Waals surface area (Å²) in [6, 6.07) is 25.5. The van der Waals surface area contributed by atoms with Gasteiger partial charge in [-0.1, -0.05) is 54.2 Å². The normalized spacial score (nSPS) is 11.1. The topological polar surface area (TPSA) is 63.6 Å². The average molecular weight is 434 g/mol. The summed E-state index contributed by atoms with van der Waals surface area (Å²) in [6.45, 7) is 0.524. The molecule has 0 aliphatic carbocycles. The molecule has 0 saturated carbocycles. The maximum Gasteiger partial charge on any atom is 0.250 e. The first-order chi connectivity index (χ1) is 14.8. The smallest absolute Gasteiger partial charge is 0.250 e. The van der Waals surface area contributed by atoms with E-state index in [9.17, 15) is 4.79 Å². The molecule has 4 aromatic rings. The Kier molecular flexibility index (Phi) is 6.74. The van der Waals surface area contributed by atoms with E-state index in [0.717, 1.165) is 31.4 Å². The molecule has 7 heteroatoms. The van der Waals surface area contributed by atoms with Gasteiger partial charge in [0.2, 0.25) is 0 Å². The Labute approximate surface area is 182 Å². The summed E-state index contributed by atoms with van der Waals surface area (Å²) in [6.07, 6.45) is 1.61. The number of hydrogen-bond donors (Lipinski definition) is 1. The van der Waals surface area contributed by atoms with Crippen LogP contribution in [0.2, 0.25) is 0 Å². The minimum atomic E-state index is -0.168. The highest BCUT2D eigenvalue weighted by Crippen LogP contribution is 2.29. The molecule has 1 heterocycles. The van der Waals surface area contributed by atoms with Crippen molar-refractivity contribution in [3.63, 3.8) is 0 Å². The number of thioether (sulfide) groups is 1. The Balaban J connectivity index is 1.22. The summed E-state index contributed by atoms with van der Waals surface area (Å²) >= 11 is 3.00. The van der Waals surface area contributed by atoms with E-state index in [1.165, 1.54) is 11.8 Å². The second kappa shape index (κ2) is 10.0. The molecule has 150 valence electrons. The highest BCUT2D eigenvalue weighted by molar-refractivity contribution is 8.01. The van der Waals surface area contributed by atoms with Crippen LogP contribution in [0, 0.1) is 0 Å². The van der Waals surface area contributed by atoms with Crippen molar-refractivity contribution in [2.75, 3.05) is 5.75 Å². The summed E-state index contributed by atoms with van der Waals surface area (Å²) < 4.78 is 7.76. The van der Waals surface area contributed by atoms with E-state index in [1.54, 1.807) is 17.6 Å². The number of hydrazone groups is 1. The standard InChI is InChI=1S/C23H19N3O2S2/c27-22(16-29-23-25-20-8-4-5-9-21(20)30-23)26-24-14-17-10-12-19(13-11-17)28-15-18-6-2-1-3-7-18/h1-14H,15-16H2,(H,26,27)/b24-14+. The van der Waals surface area contributed by atoms with Crippen molar-refractivity contribution >= 4 is 45.4 Å². The van der Waals surface area contributed by atoms with Gasteiger partial charge in [0.05, 0.1) is 22.2 Å². The van der Waals surface area contributed by atoms with Gasteiger partial charge >= 0.3 is 0 Å². The van der Waals surface area contributed by atoms with Crippen LogP contribution in [0.4, 0.5) is 0 Å². The van der Waals surface area contributed by atoms with Gasteiger partial charge in [0, 0.05) is 0 Å². The number of carbonyl (C=O) groups is 1. The highest BCUT2D eigenvalue weighted by Gasteiger charge is 2.07. The Morgan fingerprint density at radius 3 is 2.60 bits per heavy atom. The van der Waals surface area contributed by atoms with Crippen molar-refractivity contribution in [2.24, 2.45) is 5.10 Å². The molecule has 0 aliphatic heterocycles. The number of ether oxygens (including phenoxy) is 1. The minimum Gasteiger partial charge on any atom is -0.489 e. The lowest BCUT2D eigenvalue weighted by molar-refractivity contribution is -0.118. The second-order valence-corrected chi connectivity index (χ2v) is 8.63. The van der Waals surface area contributed by atoms with Crippen molar-refractivity contribution in [1.82, 2.24) is 10.4 Å². The molecule has 0 unspecified atom stereocenters. The Hall–Kier alpha value is -3.16. The molecular weight excluding hydrogens is 414 g/mol. The summed E-state index contributed by atoms with van der Waals surface area (Å²) in [5.74, 6) is 0.884. The Bertz CT molecular complexity index is 1110. The number of amides is 1. The highest BCUT2D eigenvalue weighted by atomic mass is 32.2. The zero-order valence-corrected chi connectivity index (χ0v) is 17.7. The number of hydrogen-bond acceptors (Lipinski definition) is 6. The molecule has 0 atom stereocenters. The van der Waals surface area contributed by atoms with Gasteiger partial charge in [-0.25, -0.2) is 10.4 Å². The average Bonchev–Trinajstić information content (AvgIpc) is 3.21. The number of para-hydroxylation sites is 1. The number of carbonyl (C=O) groups excluding carboxylic acids is 1. The molecule has 0 bridgehead atoms. The second-order valence-electron chi connectivity index (χ2n) is 6.37. The van der Waals surface area contributed by atoms with Gasteiger partial charge in [-0.15, -0.1) is 11.3 Å². The van der Waals surface area contributed by atoms with Gasteiger partial charge in [-0.05, 0) is 47.5 Å². The summed E-state index contributed by atoms with van der Waals surface area (Å²) in [7, 11) is 0. The maximum absolute atomic E-state index is 12.0. The van der Waals surface area contributed by atoms with Gasteiger partial charge in [-0.3, -0.25) is 4.79 Å². The lowest BCUT2D eigenvalue weighted by Crippen LogP contribution is -2.19. The van der Waals surface area contributed by atoms with Crippen molar-refractivity contribution in [1.29, 1.82) is 0 Å². The number of aromatic nitrogens is 1. The van der Waals surface area contributed by atoms with Crippen LogP contribution >= 0.6 is 23.1 Å². The molecule has 4 rings (SSSR count). The third kappa shape index (κ3) is 5.68. The van der Waals surface area contributed by atoms with Crippen LogP contribution in [0.25, 0.3) is 10.2 Å². The molecular formula is C23H19N3O2S2. The summed E-state index contributed by atoms with van der Waals surface area (Å²) in [4.78, 5) is 16.5. The lowest BCUT2D eigenvalue weighted by Gasteiger charge is -2.06. The first-order valence-corrected chi connectivity index (χ1v) is 11.1. The molecule has 1 amide bonds. The van der Waals surface area contributed by atoms with E-state index < -0.39 is 0 Å². The van der Waals surface area contributed by atoms with E-state index in [-0.39, 0.29) is 11.7 Å². The lowest BCUT2D eigenvalue weighted by atomic mass is 10.2. The molecule has 0 spiro atoms. The van der Waals surface area contributed by atoms with Crippen molar-refractivity contribution < 1.29 is 9.53 Å². The molecule has 0 aliphatic rings. The molecule has 1 aromatic heterocycles. The molecule has 5 nitrogen and oxygen atoms in total. The van der Waals surface area contributed by atoms with Gasteiger partial charge in [0.25, 0.3) is 5.91 Å². The number of thiazole rings is 1. The number of nitrogens with zero attached hydrogens (tertiary/aromatic N) is 2. The van der Waals surface area contributed by atoms with Crippen LogP contribution in [0.1, 0.15) is 11.1 Å². The Morgan fingerprint density at radius 1 is 1.03 bits per heavy atom. The third-order valence-corrected chi connectivity index (χ3v) is 6.31. The fourth-order valence-electron chi connectivity index (χ4n) is 2.64. The predicted molar refractivity (Wildman–Crippen MR) is 123 cm³/mol. The predicted octanol–water partition coefficient (Wildman–Crippen LogP) is 5.12. The van der Waals surface area contributed by atoms with Crippen LogP contribution in [-0.2, 0) is 11.4 Å². The third-order valence-electron chi connectivity index (χ3n) is 4.13. The van der Waals surface area contributed by atoms with Gasteiger partial charge in [-0.2, -0.15) is 5.10 Å². The van der Waals surface area contributed by atoms with E-state index in [4.69, 9.17) is 4.74 Å². The molecule has 0 saturated heterocycles. The van der Waals surface area contributed by atoms with Crippen LogP contribution in [0.15, 0.2) is 88.3 Å². The summed E-state index contributed by atoms with van der Waals surface area (Å²) in [5.41, 5.74) is 5.51. The van der Waals surface area contributed by atoms with E-state index in [2.05, 4.69) is 15.5 Å². The molecule has 3 aromatic carbocycles. The van der Waals surface area contributed by atoms with Crippen molar-refractivity contribution in [3.8, 4) is 5.75 Å². The molecule has 0 fully saturated rings. The maximum atomic E-state index is 12.0. The monoisotopic (exact) mass is 433 g/mol. The largest absolute Gasteiger partial charge is 0.489 e. The first kappa shape index (κ1) is 20.1. The van der Waals surface area contributed by atoms with Crippen molar-refractivity contribution in [2.45, 2.75) is 10.9 Å². The zero-order chi connectivity index (χ0) is 20.6. The van der Waals surface area contributed by atoms with Crippen LogP contribution < -0.4 is 10.2 Å². The van der Waals surface area contributed by atoms with E-state index in [1.807, 2.05) is 78.9 Å². The fourth-order valence-corrected chi connectivity index (χ4v) is 4.50. The van der Waals surface area contributed by atoms with Gasteiger partial charge in [0.1, 0.15) is 12.4 Å². The van der Waals surface area contributed by atoms with E-state index in [0.29, 0.717) is 6.61 Å². The minimum absolute atomic E-state index is 0.168.